The third-order valence-electron chi connectivity index (χ3n) is 3.55. The molecule has 1 aromatic carbocycles. The first-order valence-corrected chi connectivity index (χ1v) is 6.80. The van der Waals surface area contributed by atoms with E-state index < -0.39 is 11.7 Å². The normalized spacial score (nSPS) is 14.0. The third-order valence-corrected chi connectivity index (χ3v) is 3.55. The zero-order chi connectivity index (χ0) is 14.8. The average Bonchev–Trinajstić information content (AvgIpc) is 3.31. The van der Waals surface area contributed by atoms with E-state index in [1.54, 1.807) is 18.2 Å². The smallest absolute Gasteiger partial charge is 0.257 e. The Kier molecular flexibility index (Phi) is 3.64. The van der Waals surface area contributed by atoms with Crippen LogP contribution in [0.5, 0.6) is 0 Å². The molecular formula is C16H14F2N2O. The van der Waals surface area contributed by atoms with Crippen molar-refractivity contribution in [1.29, 1.82) is 0 Å². The zero-order valence-electron chi connectivity index (χ0n) is 11.3. The highest BCUT2D eigenvalue weighted by molar-refractivity contribution is 5.94. The predicted molar refractivity (Wildman–Crippen MR) is 73.5 cm³/mol. The van der Waals surface area contributed by atoms with E-state index in [4.69, 9.17) is 0 Å². The predicted octanol–water partition coefficient (Wildman–Crippen LogP) is 3.16. The van der Waals surface area contributed by atoms with E-state index in [0.29, 0.717) is 5.56 Å². The number of pyridine rings is 1. The molecule has 0 N–H and O–H groups in total. The Morgan fingerprint density at radius 3 is 2.62 bits per heavy atom. The molecule has 3 rings (SSSR count). The Morgan fingerprint density at radius 2 is 1.95 bits per heavy atom. The second-order valence-electron chi connectivity index (χ2n) is 5.11. The molecule has 0 bridgehead atoms. The minimum atomic E-state index is -0.651. The molecule has 1 saturated carbocycles. The Bertz CT molecular complexity index is 671. The molecule has 0 radical (unpaired) electrons. The van der Waals surface area contributed by atoms with Crippen LogP contribution in [0.25, 0.3) is 0 Å². The monoisotopic (exact) mass is 288 g/mol. The van der Waals surface area contributed by atoms with Crippen molar-refractivity contribution in [1.82, 2.24) is 9.88 Å². The molecule has 0 atom stereocenters. The van der Waals surface area contributed by atoms with Crippen molar-refractivity contribution in [3.8, 4) is 0 Å². The fraction of sp³-hybridized carbons (Fsp3) is 0.250. The Labute approximate surface area is 121 Å². The molecule has 3 nitrogen and oxygen atoms in total. The lowest BCUT2D eigenvalue weighted by molar-refractivity contribution is 0.0723. The van der Waals surface area contributed by atoms with Gasteiger partial charge in [0, 0.05) is 24.3 Å². The Morgan fingerprint density at radius 1 is 1.19 bits per heavy atom. The summed E-state index contributed by atoms with van der Waals surface area (Å²) in [5.74, 6) is -1.42. The topological polar surface area (TPSA) is 33.2 Å². The van der Waals surface area contributed by atoms with Crippen LogP contribution in [-0.2, 0) is 6.54 Å². The van der Waals surface area contributed by atoms with E-state index in [9.17, 15) is 13.6 Å². The second kappa shape index (κ2) is 5.60. The maximum atomic E-state index is 13.8. The number of carbonyl (C=O) groups excluding carboxylic acids is 1. The molecular weight excluding hydrogens is 274 g/mol. The van der Waals surface area contributed by atoms with Gasteiger partial charge in [-0.2, -0.15) is 0 Å². The van der Waals surface area contributed by atoms with E-state index in [1.165, 1.54) is 23.2 Å². The van der Waals surface area contributed by atoms with Crippen LogP contribution >= 0.6 is 0 Å². The number of benzene rings is 1. The first kappa shape index (κ1) is 13.7. The average molecular weight is 288 g/mol. The van der Waals surface area contributed by atoms with Crippen molar-refractivity contribution in [2.45, 2.75) is 25.4 Å². The molecule has 21 heavy (non-hydrogen) atoms. The van der Waals surface area contributed by atoms with Crippen molar-refractivity contribution in [3.63, 3.8) is 0 Å². The van der Waals surface area contributed by atoms with Gasteiger partial charge in [0.15, 0.2) is 5.82 Å². The van der Waals surface area contributed by atoms with Crippen LogP contribution in [0.15, 0.2) is 42.7 Å². The van der Waals surface area contributed by atoms with Gasteiger partial charge in [-0.1, -0.05) is 18.2 Å². The van der Waals surface area contributed by atoms with Crippen molar-refractivity contribution in [3.05, 3.63) is 65.5 Å². The zero-order valence-corrected chi connectivity index (χ0v) is 11.3. The van der Waals surface area contributed by atoms with Crippen LogP contribution in [0, 0.1) is 11.6 Å². The van der Waals surface area contributed by atoms with Gasteiger partial charge >= 0.3 is 0 Å². The van der Waals surface area contributed by atoms with Gasteiger partial charge in [0.1, 0.15) is 5.82 Å². The quantitative estimate of drug-likeness (QED) is 0.865. The van der Waals surface area contributed by atoms with Crippen molar-refractivity contribution in [2.24, 2.45) is 0 Å². The summed E-state index contributed by atoms with van der Waals surface area (Å²) in [7, 11) is 0. The number of nitrogens with zero attached hydrogens (tertiary/aromatic N) is 2. The first-order chi connectivity index (χ1) is 10.2. The van der Waals surface area contributed by atoms with Gasteiger partial charge in [-0.05, 0) is 25.0 Å². The number of hydrogen-bond acceptors (Lipinski definition) is 2. The molecule has 108 valence electrons. The maximum Gasteiger partial charge on any atom is 0.257 e. The Hall–Kier alpha value is -2.30. The molecule has 0 aliphatic heterocycles. The molecule has 1 amide bonds. The fourth-order valence-electron chi connectivity index (χ4n) is 2.27. The van der Waals surface area contributed by atoms with Crippen LogP contribution < -0.4 is 0 Å². The van der Waals surface area contributed by atoms with Crippen LogP contribution in [-0.4, -0.2) is 21.8 Å². The third kappa shape index (κ3) is 2.91. The van der Waals surface area contributed by atoms with E-state index >= 15 is 0 Å². The summed E-state index contributed by atoms with van der Waals surface area (Å²) in [4.78, 5) is 17.7. The number of aromatic nitrogens is 1. The molecule has 1 heterocycles. The molecule has 0 saturated heterocycles. The highest BCUT2D eigenvalue weighted by Gasteiger charge is 2.34. The Balaban J connectivity index is 1.87. The van der Waals surface area contributed by atoms with Gasteiger partial charge in [-0.25, -0.2) is 8.78 Å². The minimum absolute atomic E-state index is 0.0201. The summed E-state index contributed by atoms with van der Waals surface area (Å²) >= 11 is 0. The summed E-state index contributed by atoms with van der Waals surface area (Å²) < 4.78 is 27.5. The van der Waals surface area contributed by atoms with E-state index in [0.717, 1.165) is 19.0 Å². The lowest BCUT2D eigenvalue weighted by atomic mass is 10.1. The van der Waals surface area contributed by atoms with E-state index in [-0.39, 0.29) is 24.0 Å². The second-order valence-corrected chi connectivity index (χ2v) is 5.11. The van der Waals surface area contributed by atoms with Crippen LogP contribution in [0.4, 0.5) is 8.78 Å². The first-order valence-electron chi connectivity index (χ1n) is 6.80. The minimum Gasteiger partial charge on any atom is -0.331 e. The molecule has 1 aliphatic carbocycles. The fourth-order valence-corrected chi connectivity index (χ4v) is 2.27. The molecule has 1 fully saturated rings. The van der Waals surface area contributed by atoms with Gasteiger partial charge < -0.3 is 4.90 Å². The molecule has 0 unspecified atom stereocenters. The van der Waals surface area contributed by atoms with Gasteiger partial charge in [0.25, 0.3) is 5.91 Å². The van der Waals surface area contributed by atoms with Gasteiger partial charge in [-0.15, -0.1) is 0 Å². The number of rotatable bonds is 4. The van der Waals surface area contributed by atoms with Gasteiger partial charge in [0.2, 0.25) is 0 Å². The number of hydrogen-bond donors (Lipinski definition) is 0. The summed E-state index contributed by atoms with van der Waals surface area (Å²) in [5.41, 5.74) is 0.417. The van der Waals surface area contributed by atoms with E-state index in [1.807, 2.05) is 0 Å². The maximum absolute atomic E-state index is 13.8. The van der Waals surface area contributed by atoms with Gasteiger partial charge in [0.05, 0.1) is 11.8 Å². The van der Waals surface area contributed by atoms with Gasteiger partial charge in [-0.3, -0.25) is 9.78 Å². The van der Waals surface area contributed by atoms with Crippen LogP contribution in [0.1, 0.15) is 28.8 Å². The van der Waals surface area contributed by atoms with E-state index in [2.05, 4.69) is 4.98 Å². The lowest BCUT2D eigenvalue weighted by Gasteiger charge is -2.23. The van der Waals surface area contributed by atoms with Crippen LogP contribution in [0.3, 0.4) is 0 Å². The molecule has 5 heteroatoms. The van der Waals surface area contributed by atoms with Crippen LogP contribution in [0.2, 0.25) is 0 Å². The molecule has 1 aliphatic rings. The highest BCUT2D eigenvalue weighted by Crippen LogP contribution is 2.30. The molecule has 1 aromatic heterocycles. The molecule has 0 spiro atoms. The summed E-state index contributed by atoms with van der Waals surface area (Å²) in [6.45, 7) is 0.151. The van der Waals surface area contributed by atoms with Crippen molar-refractivity contribution in [2.75, 3.05) is 0 Å². The largest absolute Gasteiger partial charge is 0.331 e. The van der Waals surface area contributed by atoms with Crippen molar-refractivity contribution < 1.29 is 13.6 Å². The SMILES string of the molecule is O=C(c1ccncc1F)N(Cc1ccccc1F)C1CC1. The number of halogens is 2. The number of carbonyl (C=O) groups is 1. The summed E-state index contributed by atoms with van der Waals surface area (Å²) in [6.07, 6.45) is 4.13. The standard InChI is InChI=1S/C16H14F2N2O/c17-14-4-2-1-3-11(14)10-20(12-5-6-12)16(21)13-7-8-19-9-15(13)18/h1-4,7-9,12H,5-6,10H2. The number of amides is 1. The summed E-state index contributed by atoms with van der Waals surface area (Å²) in [6, 6.07) is 7.74. The lowest BCUT2D eigenvalue weighted by Crippen LogP contribution is -2.33. The molecule has 2 aromatic rings. The highest BCUT2D eigenvalue weighted by atomic mass is 19.1. The van der Waals surface area contributed by atoms with Crippen molar-refractivity contribution >= 4 is 5.91 Å². The summed E-state index contributed by atoms with van der Waals surface area (Å²) in [5, 5.41) is 0.